The molecule has 4 heteroatoms. The largest absolute Gasteiger partial charge is 0.390 e. The Morgan fingerprint density at radius 2 is 2.00 bits per heavy atom. The molecule has 118 valence electrons. The van der Waals surface area contributed by atoms with Crippen LogP contribution in [0.2, 0.25) is 0 Å². The monoisotopic (exact) mass is 292 g/mol. The van der Waals surface area contributed by atoms with E-state index in [4.69, 9.17) is 0 Å². The predicted molar refractivity (Wildman–Crippen MR) is 80.8 cm³/mol. The fourth-order valence-electron chi connectivity index (χ4n) is 6.09. The predicted octanol–water partition coefficient (Wildman–Crippen LogP) is 1.67. The van der Waals surface area contributed by atoms with E-state index in [1.54, 1.807) is 0 Å². The summed E-state index contributed by atoms with van der Waals surface area (Å²) in [6.45, 7) is 3.53. The summed E-state index contributed by atoms with van der Waals surface area (Å²) in [4.78, 5) is 14.5. The molecule has 0 aromatic rings. The van der Waals surface area contributed by atoms with Gasteiger partial charge in [0.25, 0.3) is 0 Å². The number of carbonyl (C=O) groups excluding carboxylic acids is 1. The second-order valence-electron chi connectivity index (χ2n) is 8.40. The van der Waals surface area contributed by atoms with Gasteiger partial charge in [0.15, 0.2) is 0 Å². The van der Waals surface area contributed by atoms with E-state index in [1.165, 1.54) is 6.42 Å². The highest BCUT2D eigenvalue weighted by molar-refractivity contribution is 5.79. The summed E-state index contributed by atoms with van der Waals surface area (Å²) in [5, 5.41) is 14.3. The quantitative estimate of drug-likeness (QED) is 0.832. The number of nitrogens with one attached hydrogen (secondary N) is 1. The van der Waals surface area contributed by atoms with Crippen molar-refractivity contribution >= 4 is 5.91 Å². The summed E-state index contributed by atoms with van der Waals surface area (Å²) < 4.78 is 0. The molecule has 0 spiro atoms. The Hall–Kier alpha value is -0.610. The molecular formula is C17H28N2O2. The number of nitrogens with zero attached hydrogens (tertiary/aromatic N) is 1. The van der Waals surface area contributed by atoms with E-state index in [0.29, 0.717) is 24.4 Å². The summed E-state index contributed by atoms with van der Waals surface area (Å²) in [6, 6.07) is 0.403. The second kappa shape index (κ2) is 4.69. The highest BCUT2D eigenvalue weighted by atomic mass is 16.3. The molecule has 4 nitrogen and oxygen atoms in total. The lowest BCUT2D eigenvalue weighted by Crippen LogP contribution is -2.65. The lowest BCUT2D eigenvalue weighted by molar-refractivity contribution is -0.147. The second-order valence-corrected chi connectivity index (χ2v) is 8.40. The number of hydrogen-bond donors (Lipinski definition) is 2. The van der Waals surface area contributed by atoms with E-state index in [-0.39, 0.29) is 11.4 Å². The van der Waals surface area contributed by atoms with Crippen LogP contribution in [0, 0.1) is 11.8 Å². The van der Waals surface area contributed by atoms with Gasteiger partial charge < -0.3 is 15.3 Å². The van der Waals surface area contributed by atoms with Crippen LogP contribution in [0.1, 0.15) is 58.3 Å². The number of likely N-dealkylation sites (tertiary alicyclic amines) is 1. The first-order valence-electron chi connectivity index (χ1n) is 8.74. The van der Waals surface area contributed by atoms with Crippen LogP contribution < -0.4 is 5.32 Å². The van der Waals surface area contributed by atoms with Crippen molar-refractivity contribution in [2.45, 2.75) is 75.5 Å². The molecule has 5 fully saturated rings. The summed E-state index contributed by atoms with van der Waals surface area (Å²) >= 11 is 0. The maximum Gasteiger partial charge on any atom is 0.236 e. The van der Waals surface area contributed by atoms with Gasteiger partial charge in [0.05, 0.1) is 12.1 Å². The van der Waals surface area contributed by atoms with Crippen molar-refractivity contribution in [3.05, 3.63) is 0 Å². The third-order valence-corrected chi connectivity index (χ3v) is 6.52. The van der Waals surface area contributed by atoms with Crippen LogP contribution in [0.5, 0.6) is 0 Å². The van der Waals surface area contributed by atoms with Gasteiger partial charge in [-0.3, -0.25) is 4.79 Å². The Labute approximate surface area is 127 Å². The van der Waals surface area contributed by atoms with Gasteiger partial charge >= 0.3 is 0 Å². The zero-order chi connectivity index (χ0) is 14.7. The lowest BCUT2D eigenvalue weighted by Gasteiger charge is -2.60. The molecule has 4 bridgehead atoms. The van der Waals surface area contributed by atoms with E-state index in [9.17, 15) is 9.90 Å². The minimum atomic E-state index is -0.443. The van der Waals surface area contributed by atoms with E-state index < -0.39 is 5.60 Å². The van der Waals surface area contributed by atoms with E-state index in [2.05, 4.69) is 12.2 Å². The highest BCUT2D eigenvalue weighted by Crippen LogP contribution is 2.57. The van der Waals surface area contributed by atoms with Crippen molar-refractivity contribution in [3.8, 4) is 0 Å². The van der Waals surface area contributed by atoms with Crippen molar-refractivity contribution in [2.75, 3.05) is 13.1 Å². The first-order valence-corrected chi connectivity index (χ1v) is 8.74. The first kappa shape index (κ1) is 14.0. The lowest BCUT2D eigenvalue weighted by atomic mass is 9.51. The van der Waals surface area contributed by atoms with Gasteiger partial charge in [0.2, 0.25) is 5.91 Å². The van der Waals surface area contributed by atoms with Crippen LogP contribution >= 0.6 is 0 Å². The summed E-state index contributed by atoms with van der Waals surface area (Å²) in [5.41, 5.74) is -0.404. The van der Waals surface area contributed by atoms with Crippen LogP contribution in [0.4, 0.5) is 0 Å². The molecule has 0 radical (unpaired) electrons. The Morgan fingerprint density at radius 3 is 2.57 bits per heavy atom. The molecule has 1 amide bonds. The van der Waals surface area contributed by atoms with Crippen molar-refractivity contribution < 1.29 is 9.90 Å². The van der Waals surface area contributed by atoms with Crippen LogP contribution in [0.3, 0.4) is 0 Å². The normalized spacial score (nSPS) is 48.1. The van der Waals surface area contributed by atoms with Crippen molar-refractivity contribution in [1.29, 1.82) is 0 Å². The van der Waals surface area contributed by atoms with E-state index in [1.807, 2.05) is 4.90 Å². The summed E-state index contributed by atoms with van der Waals surface area (Å²) in [5.74, 6) is 1.59. The molecule has 0 aromatic heterocycles. The fourth-order valence-corrected chi connectivity index (χ4v) is 6.09. The topological polar surface area (TPSA) is 52.6 Å². The van der Waals surface area contributed by atoms with E-state index in [0.717, 1.165) is 51.5 Å². The minimum absolute atomic E-state index is 0.0391. The Morgan fingerprint density at radius 1 is 1.29 bits per heavy atom. The molecular weight excluding hydrogens is 264 g/mol. The maximum absolute atomic E-state index is 12.4. The third-order valence-electron chi connectivity index (χ3n) is 6.52. The molecule has 3 atom stereocenters. The zero-order valence-corrected chi connectivity index (χ0v) is 13.1. The highest BCUT2D eigenvalue weighted by Gasteiger charge is 2.57. The average molecular weight is 292 g/mol. The molecule has 1 aliphatic heterocycles. The first-order chi connectivity index (χ1) is 9.97. The number of rotatable bonds is 3. The van der Waals surface area contributed by atoms with Gasteiger partial charge in [0, 0.05) is 18.1 Å². The molecule has 21 heavy (non-hydrogen) atoms. The summed E-state index contributed by atoms with van der Waals surface area (Å²) in [7, 11) is 0. The van der Waals surface area contributed by atoms with Crippen LogP contribution in [0.15, 0.2) is 0 Å². The standard InChI is InChI=1S/C17H28N2O2/c1-12-3-2-4-19(12)15(20)10-18-16-6-13-5-14(7-16)9-17(21,8-13)11-16/h12-14,18,21H,2-11H2,1H3. The van der Waals surface area contributed by atoms with Crippen molar-refractivity contribution in [3.63, 3.8) is 0 Å². The number of hydrogen-bond acceptors (Lipinski definition) is 3. The zero-order valence-electron chi connectivity index (χ0n) is 13.1. The van der Waals surface area contributed by atoms with Gasteiger partial charge in [-0.2, -0.15) is 0 Å². The van der Waals surface area contributed by atoms with Gasteiger partial charge in [-0.05, 0) is 70.1 Å². The number of aliphatic hydroxyl groups is 1. The summed E-state index contributed by atoms with van der Waals surface area (Å²) in [6.07, 6.45) is 8.73. The Bertz CT molecular complexity index is 436. The Kier molecular flexibility index (Phi) is 3.13. The van der Waals surface area contributed by atoms with Crippen molar-refractivity contribution in [1.82, 2.24) is 10.2 Å². The van der Waals surface area contributed by atoms with Crippen LogP contribution in [-0.4, -0.2) is 46.2 Å². The number of carbonyl (C=O) groups is 1. The molecule has 1 saturated heterocycles. The van der Waals surface area contributed by atoms with Crippen LogP contribution in [0.25, 0.3) is 0 Å². The fraction of sp³-hybridized carbons (Fsp3) is 0.941. The molecule has 0 aromatic carbocycles. The van der Waals surface area contributed by atoms with E-state index >= 15 is 0 Å². The van der Waals surface area contributed by atoms with Crippen molar-refractivity contribution in [2.24, 2.45) is 11.8 Å². The number of amides is 1. The van der Waals surface area contributed by atoms with Gasteiger partial charge in [-0.15, -0.1) is 0 Å². The smallest absolute Gasteiger partial charge is 0.236 e. The maximum atomic E-state index is 12.4. The van der Waals surface area contributed by atoms with Crippen LogP contribution in [-0.2, 0) is 4.79 Å². The van der Waals surface area contributed by atoms with Gasteiger partial charge in [0.1, 0.15) is 0 Å². The Balaban J connectivity index is 1.41. The SMILES string of the molecule is CC1CCCN1C(=O)CNC12CC3CC(CC(O)(C3)C1)C2. The average Bonchev–Trinajstić information content (AvgIpc) is 2.79. The molecule has 4 aliphatic carbocycles. The minimum Gasteiger partial charge on any atom is -0.390 e. The molecule has 5 rings (SSSR count). The molecule has 4 saturated carbocycles. The van der Waals surface area contributed by atoms with Gasteiger partial charge in [-0.1, -0.05) is 0 Å². The molecule has 2 N–H and O–H groups in total. The van der Waals surface area contributed by atoms with Gasteiger partial charge in [-0.25, -0.2) is 0 Å². The molecule has 5 aliphatic rings. The molecule has 3 unspecified atom stereocenters. The third kappa shape index (κ3) is 2.40. The molecule has 1 heterocycles.